The zero-order chi connectivity index (χ0) is 21.2. The summed E-state index contributed by atoms with van der Waals surface area (Å²) in [5.41, 5.74) is 1.22. The molecular formula is C22H29NO5S. The van der Waals surface area contributed by atoms with Crippen molar-refractivity contribution in [3.8, 4) is 5.75 Å². The van der Waals surface area contributed by atoms with Crippen LogP contribution in [0, 0.1) is 0 Å². The second-order valence-corrected chi connectivity index (χ2v) is 10.9. The number of ether oxygens (including phenoxy) is 1. The number of hydrogen-bond acceptors (Lipinski definition) is 5. The van der Waals surface area contributed by atoms with E-state index < -0.39 is 15.9 Å². The van der Waals surface area contributed by atoms with E-state index in [0.29, 0.717) is 17.9 Å². The molecule has 1 aromatic heterocycles. The van der Waals surface area contributed by atoms with E-state index in [0.717, 1.165) is 0 Å². The summed E-state index contributed by atoms with van der Waals surface area (Å²) in [6, 6.07) is 10.9. The minimum absolute atomic E-state index is 0.0214. The molecule has 2 atom stereocenters. The molecule has 0 N–H and O–H groups in total. The molecule has 1 aromatic carbocycles. The van der Waals surface area contributed by atoms with Gasteiger partial charge in [-0.2, -0.15) is 0 Å². The highest BCUT2D eigenvalue weighted by molar-refractivity contribution is 7.91. The quantitative estimate of drug-likeness (QED) is 0.715. The molecule has 2 aromatic rings. The number of benzene rings is 1. The fourth-order valence-corrected chi connectivity index (χ4v) is 5.23. The van der Waals surface area contributed by atoms with Crippen LogP contribution in [0.2, 0.25) is 0 Å². The van der Waals surface area contributed by atoms with Crippen LogP contribution in [0.3, 0.4) is 0 Å². The number of furan rings is 1. The van der Waals surface area contributed by atoms with E-state index in [1.54, 1.807) is 30.2 Å². The van der Waals surface area contributed by atoms with E-state index in [1.165, 1.54) is 5.56 Å². The minimum Gasteiger partial charge on any atom is -0.481 e. The lowest BCUT2D eigenvalue weighted by Gasteiger charge is -2.30. The second kappa shape index (κ2) is 8.22. The van der Waals surface area contributed by atoms with Crippen molar-refractivity contribution in [2.45, 2.75) is 58.2 Å². The van der Waals surface area contributed by atoms with Gasteiger partial charge in [-0.15, -0.1) is 0 Å². The Kier molecular flexibility index (Phi) is 6.08. The third kappa shape index (κ3) is 5.41. The third-order valence-corrected chi connectivity index (χ3v) is 6.97. The Labute approximate surface area is 172 Å². The molecule has 0 radical (unpaired) electrons. The largest absolute Gasteiger partial charge is 0.481 e. The zero-order valence-corrected chi connectivity index (χ0v) is 18.2. The molecule has 0 bridgehead atoms. The Hall–Kier alpha value is -2.28. The van der Waals surface area contributed by atoms with Crippen LogP contribution in [0.1, 0.15) is 45.4 Å². The summed E-state index contributed by atoms with van der Waals surface area (Å²) in [5, 5.41) is 0. The molecule has 29 heavy (non-hydrogen) atoms. The number of sulfone groups is 1. The van der Waals surface area contributed by atoms with E-state index in [1.807, 2.05) is 24.3 Å². The van der Waals surface area contributed by atoms with Crippen LogP contribution in [0.25, 0.3) is 0 Å². The first-order valence-electron chi connectivity index (χ1n) is 9.86. The summed E-state index contributed by atoms with van der Waals surface area (Å²) in [6.45, 7) is 8.33. The monoisotopic (exact) mass is 419 g/mol. The highest BCUT2D eigenvalue weighted by Crippen LogP contribution is 2.26. The van der Waals surface area contributed by atoms with Crippen molar-refractivity contribution >= 4 is 15.7 Å². The highest BCUT2D eigenvalue weighted by atomic mass is 32.2. The van der Waals surface area contributed by atoms with Crippen molar-refractivity contribution in [3.63, 3.8) is 0 Å². The van der Waals surface area contributed by atoms with Crippen molar-refractivity contribution in [3.05, 3.63) is 54.0 Å². The molecule has 0 saturated carbocycles. The maximum absolute atomic E-state index is 13.2. The van der Waals surface area contributed by atoms with Gasteiger partial charge in [0.15, 0.2) is 15.9 Å². The Morgan fingerprint density at radius 1 is 1.24 bits per heavy atom. The molecule has 1 fully saturated rings. The molecule has 1 aliphatic heterocycles. The Bertz CT molecular complexity index is 927. The van der Waals surface area contributed by atoms with Gasteiger partial charge in [-0.1, -0.05) is 32.9 Å². The first-order valence-corrected chi connectivity index (χ1v) is 11.7. The van der Waals surface area contributed by atoms with Crippen molar-refractivity contribution in [2.75, 3.05) is 11.5 Å². The standard InChI is InChI=1S/C22H29NO5S/c1-16(28-19-9-7-17(8-10-19)22(2,3)4)21(24)23(14-20-6-5-12-27-20)18-11-13-29(25,26)15-18/h5-10,12,16,18H,11,13-15H2,1-4H3/t16-,18+/m0/s1. The summed E-state index contributed by atoms with van der Waals surface area (Å²) in [5.74, 6) is 1.05. The maximum Gasteiger partial charge on any atom is 0.264 e. The number of carbonyl (C=O) groups excluding carboxylic acids is 1. The van der Waals surface area contributed by atoms with E-state index in [4.69, 9.17) is 9.15 Å². The van der Waals surface area contributed by atoms with E-state index in [2.05, 4.69) is 20.8 Å². The Balaban J connectivity index is 1.74. The summed E-state index contributed by atoms with van der Waals surface area (Å²) < 4.78 is 35.2. The predicted molar refractivity (Wildman–Crippen MR) is 112 cm³/mol. The fourth-order valence-electron chi connectivity index (χ4n) is 3.50. The fraction of sp³-hybridized carbons (Fsp3) is 0.500. The first-order chi connectivity index (χ1) is 13.5. The Morgan fingerprint density at radius 2 is 1.93 bits per heavy atom. The summed E-state index contributed by atoms with van der Waals surface area (Å²) >= 11 is 0. The average Bonchev–Trinajstić information content (AvgIpc) is 3.28. The van der Waals surface area contributed by atoms with Crippen LogP contribution >= 0.6 is 0 Å². The smallest absolute Gasteiger partial charge is 0.264 e. The lowest BCUT2D eigenvalue weighted by molar-refractivity contribution is -0.140. The number of nitrogens with zero attached hydrogens (tertiary/aromatic N) is 1. The van der Waals surface area contributed by atoms with Crippen LogP contribution in [-0.4, -0.2) is 42.9 Å². The molecule has 7 heteroatoms. The van der Waals surface area contributed by atoms with Gasteiger partial charge in [0.05, 0.1) is 24.3 Å². The zero-order valence-electron chi connectivity index (χ0n) is 17.4. The van der Waals surface area contributed by atoms with E-state index in [9.17, 15) is 13.2 Å². The molecule has 1 aliphatic rings. The number of rotatable bonds is 6. The van der Waals surface area contributed by atoms with Crippen molar-refractivity contribution in [1.82, 2.24) is 4.90 Å². The summed E-state index contributed by atoms with van der Waals surface area (Å²) in [6.07, 6.45) is 1.23. The highest BCUT2D eigenvalue weighted by Gasteiger charge is 2.37. The normalized spacial score (nSPS) is 19.7. The number of amides is 1. The molecule has 0 spiro atoms. The molecule has 2 heterocycles. The molecule has 0 aliphatic carbocycles. The van der Waals surface area contributed by atoms with E-state index >= 15 is 0 Å². The van der Waals surface area contributed by atoms with Crippen molar-refractivity contribution in [2.24, 2.45) is 0 Å². The van der Waals surface area contributed by atoms with Gasteiger partial charge in [-0.25, -0.2) is 8.42 Å². The second-order valence-electron chi connectivity index (χ2n) is 8.64. The van der Waals surface area contributed by atoms with Gasteiger partial charge in [0, 0.05) is 6.04 Å². The Morgan fingerprint density at radius 3 is 2.45 bits per heavy atom. The molecule has 3 rings (SSSR count). The minimum atomic E-state index is -3.12. The van der Waals surface area contributed by atoms with Crippen LogP contribution in [0.15, 0.2) is 47.1 Å². The molecular weight excluding hydrogens is 390 g/mol. The van der Waals surface area contributed by atoms with Crippen molar-refractivity contribution < 1.29 is 22.4 Å². The van der Waals surface area contributed by atoms with Gasteiger partial charge in [-0.3, -0.25) is 4.79 Å². The van der Waals surface area contributed by atoms with Gasteiger partial charge in [0.1, 0.15) is 11.5 Å². The van der Waals surface area contributed by atoms with Crippen LogP contribution in [-0.2, 0) is 26.6 Å². The molecule has 158 valence electrons. The number of carbonyl (C=O) groups is 1. The molecule has 1 saturated heterocycles. The topological polar surface area (TPSA) is 76.8 Å². The van der Waals surface area contributed by atoms with Gasteiger partial charge < -0.3 is 14.1 Å². The lowest BCUT2D eigenvalue weighted by Crippen LogP contribution is -2.46. The summed E-state index contributed by atoms with van der Waals surface area (Å²) in [4.78, 5) is 14.7. The maximum atomic E-state index is 13.2. The number of hydrogen-bond donors (Lipinski definition) is 0. The SMILES string of the molecule is C[C@H](Oc1ccc(C(C)(C)C)cc1)C(=O)N(Cc1ccco1)[C@@H]1CCS(=O)(=O)C1. The van der Waals surface area contributed by atoms with Gasteiger partial charge >= 0.3 is 0 Å². The van der Waals surface area contributed by atoms with Gasteiger partial charge in [0.25, 0.3) is 5.91 Å². The predicted octanol–water partition coefficient (Wildman–Crippen LogP) is 3.56. The van der Waals surface area contributed by atoms with Crippen LogP contribution in [0.4, 0.5) is 0 Å². The third-order valence-electron chi connectivity index (χ3n) is 5.22. The molecule has 6 nitrogen and oxygen atoms in total. The molecule has 1 amide bonds. The van der Waals surface area contributed by atoms with Crippen LogP contribution < -0.4 is 4.74 Å². The summed E-state index contributed by atoms with van der Waals surface area (Å²) in [7, 11) is -3.12. The van der Waals surface area contributed by atoms with Crippen LogP contribution in [0.5, 0.6) is 5.75 Å². The lowest BCUT2D eigenvalue weighted by atomic mass is 9.87. The molecule has 0 unspecified atom stereocenters. The van der Waals surface area contributed by atoms with E-state index in [-0.39, 0.29) is 35.4 Å². The van der Waals surface area contributed by atoms with Crippen molar-refractivity contribution in [1.29, 1.82) is 0 Å². The first kappa shape index (κ1) is 21.4. The van der Waals surface area contributed by atoms with Gasteiger partial charge in [-0.05, 0) is 48.6 Å². The van der Waals surface area contributed by atoms with Gasteiger partial charge in [0.2, 0.25) is 0 Å². The average molecular weight is 420 g/mol.